The molecule has 0 amide bonds. The maximum absolute atomic E-state index is 11.6. The Labute approximate surface area is 199 Å². The molecule has 1 N–H and O–H groups in total. The van der Waals surface area contributed by atoms with Gasteiger partial charge in [-0.15, -0.1) is 6.42 Å². The smallest absolute Gasteiger partial charge is 0.130 e. The van der Waals surface area contributed by atoms with E-state index >= 15 is 0 Å². The van der Waals surface area contributed by atoms with Gasteiger partial charge in [-0.2, -0.15) is 0 Å². The molecule has 1 aromatic carbocycles. The summed E-state index contributed by atoms with van der Waals surface area (Å²) in [6, 6.07) is 7.26. The summed E-state index contributed by atoms with van der Waals surface area (Å²) < 4.78 is 6.00. The summed E-state index contributed by atoms with van der Waals surface area (Å²) in [7, 11) is 0. The molecule has 1 spiro atoms. The first-order valence-electron chi connectivity index (χ1n) is 13.2. The lowest BCUT2D eigenvalue weighted by Crippen LogP contribution is -2.58. The summed E-state index contributed by atoms with van der Waals surface area (Å²) in [5.74, 6) is 6.25. The van der Waals surface area contributed by atoms with E-state index in [1.807, 2.05) is 0 Å². The number of hydrogen-bond donors (Lipinski definition) is 1. The fourth-order valence-corrected chi connectivity index (χ4v) is 9.17. The molecule has 6 rings (SSSR count). The van der Waals surface area contributed by atoms with Gasteiger partial charge in [0.25, 0.3) is 0 Å². The Morgan fingerprint density at radius 3 is 2.85 bits per heavy atom. The first-order valence-corrected chi connectivity index (χ1v) is 13.2. The molecule has 0 aromatic heterocycles. The van der Waals surface area contributed by atoms with Gasteiger partial charge in [0.1, 0.15) is 5.60 Å². The molecule has 2 heteroatoms. The highest BCUT2D eigenvalue weighted by Gasteiger charge is 2.67. The summed E-state index contributed by atoms with van der Waals surface area (Å²) >= 11 is 0. The van der Waals surface area contributed by atoms with Gasteiger partial charge in [0.05, 0.1) is 12.4 Å². The molecule has 174 valence electrons. The van der Waals surface area contributed by atoms with Crippen LogP contribution in [0.2, 0.25) is 0 Å². The molecule has 33 heavy (non-hydrogen) atoms. The Hall–Kier alpha value is -1.98. The molecule has 7 atom stereocenters. The van der Waals surface area contributed by atoms with Crippen LogP contribution >= 0.6 is 0 Å². The number of aliphatic hydroxyl groups is 1. The van der Waals surface area contributed by atoms with Crippen molar-refractivity contribution in [3.05, 3.63) is 58.4 Å². The molecule has 2 saturated carbocycles. The molecule has 0 saturated heterocycles. The number of aryl methyl sites for hydroxylation is 1. The largest absolute Gasteiger partial charge is 0.498 e. The van der Waals surface area contributed by atoms with Gasteiger partial charge in [0, 0.05) is 17.3 Å². The second kappa shape index (κ2) is 7.26. The normalized spacial score (nSPS) is 42.6. The van der Waals surface area contributed by atoms with Crippen LogP contribution in [0.4, 0.5) is 0 Å². The Morgan fingerprint density at radius 1 is 1.24 bits per heavy atom. The van der Waals surface area contributed by atoms with E-state index in [0.29, 0.717) is 23.7 Å². The van der Waals surface area contributed by atoms with Crippen LogP contribution in [-0.2, 0) is 17.6 Å². The van der Waals surface area contributed by atoms with Crippen molar-refractivity contribution in [2.24, 2.45) is 28.6 Å². The minimum Gasteiger partial charge on any atom is -0.498 e. The molecule has 1 aromatic rings. The molecule has 5 aliphatic carbocycles. The summed E-state index contributed by atoms with van der Waals surface area (Å²) in [5, 5.41) is 11.6. The molecule has 5 aliphatic rings. The van der Waals surface area contributed by atoms with Gasteiger partial charge in [0.2, 0.25) is 0 Å². The van der Waals surface area contributed by atoms with E-state index in [9.17, 15) is 5.11 Å². The number of rotatable bonds is 3. The van der Waals surface area contributed by atoms with E-state index < -0.39 is 5.60 Å². The van der Waals surface area contributed by atoms with Crippen LogP contribution in [0.25, 0.3) is 0 Å². The van der Waals surface area contributed by atoms with E-state index in [-0.39, 0.29) is 10.8 Å². The highest BCUT2D eigenvalue weighted by atomic mass is 16.5. The fourth-order valence-electron chi connectivity index (χ4n) is 9.17. The molecular weight excluding hydrogens is 404 g/mol. The standard InChI is InChI=1S/C31H38O2/c1-5-20-8-10-24-21(16-20)18-30-14-12-23(33-7-3)17-22(30)9-11-25-27-13-15-31(32,6-2)29(27,4)19-26(24)28(25)30/h2,8-10,16-17,25-28,32H,5,7,11-15,18-19H2,1,3-4H3/t25-,26?,27-,28?,29-,30+,31-/m0/s1. The summed E-state index contributed by atoms with van der Waals surface area (Å²) in [6.45, 7) is 7.40. The topological polar surface area (TPSA) is 29.5 Å². The van der Waals surface area contributed by atoms with E-state index in [1.165, 1.54) is 23.3 Å². The monoisotopic (exact) mass is 442 g/mol. The van der Waals surface area contributed by atoms with Crippen molar-refractivity contribution in [3.63, 3.8) is 0 Å². The number of benzene rings is 1. The lowest BCUT2D eigenvalue weighted by atomic mass is 9.40. The molecule has 0 heterocycles. The zero-order valence-electron chi connectivity index (χ0n) is 20.5. The Bertz CT molecular complexity index is 1090. The number of fused-ring (bicyclic) bond motifs is 4. The van der Waals surface area contributed by atoms with Crippen LogP contribution in [-0.4, -0.2) is 17.3 Å². The van der Waals surface area contributed by atoms with E-state index in [2.05, 4.69) is 57.0 Å². The first-order chi connectivity index (χ1) is 15.9. The average Bonchev–Trinajstić information content (AvgIpc) is 3.09. The van der Waals surface area contributed by atoms with Crippen LogP contribution in [0.1, 0.15) is 81.9 Å². The van der Waals surface area contributed by atoms with Crippen LogP contribution in [0.5, 0.6) is 0 Å². The highest BCUT2D eigenvalue weighted by Crippen LogP contribution is 2.72. The maximum atomic E-state index is 11.6. The van der Waals surface area contributed by atoms with Crippen molar-refractivity contribution in [1.29, 1.82) is 0 Å². The van der Waals surface area contributed by atoms with Crippen molar-refractivity contribution >= 4 is 0 Å². The second-order valence-electron chi connectivity index (χ2n) is 11.7. The van der Waals surface area contributed by atoms with Gasteiger partial charge in [-0.05, 0) is 104 Å². The third-order valence-electron chi connectivity index (χ3n) is 10.7. The van der Waals surface area contributed by atoms with Crippen molar-refractivity contribution in [3.8, 4) is 12.3 Å². The minimum absolute atomic E-state index is 0.200. The van der Waals surface area contributed by atoms with Crippen molar-refractivity contribution in [1.82, 2.24) is 0 Å². The number of allylic oxidation sites excluding steroid dienone is 4. The Morgan fingerprint density at radius 2 is 2.09 bits per heavy atom. The van der Waals surface area contributed by atoms with Crippen LogP contribution in [0.15, 0.2) is 41.7 Å². The SMILES string of the molecule is C#C[C@]1(O)CC[C@H]2[C@@H]3CC=C4C=C(OCC)CC[C@@]45Cc4cc(CC)ccc4C(C[C@@]21C)C35. The Kier molecular flexibility index (Phi) is 4.74. The predicted octanol–water partition coefficient (Wildman–Crippen LogP) is 6.34. The average molecular weight is 443 g/mol. The third-order valence-corrected chi connectivity index (χ3v) is 10.7. The van der Waals surface area contributed by atoms with Gasteiger partial charge in [-0.25, -0.2) is 0 Å². The van der Waals surface area contributed by atoms with Gasteiger partial charge in [-0.3, -0.25) is 0 Å². The van der Waals surface area contributed by atoms with E-state index in [0.717, 1.165) is 51.6 Å². The minimum atomic E-state index is -0.977. The van der Waals surface area contributed by atoms with Gasteiger partial charge in [0.15, 0.2) is 0 Å². The second-order valence-corrected chi connectivity index (χ2v) is 11.7. The number of hydrogen-bond acceptors (Lipinski definition) is 2. The zero-order valence-corrected chi connectivity index (χ0v) is 20.5. The van der Waals surface area contributed by atoms with Crippen molar-refractivity contribution < 1.29 is 9.84 Å². The van der Waals surface area contributed by atoms with Crippen LogP contribution in [0.3, 0.4) is 0 Å². The molecular formula is C31H38O2. The highest BCUT2D eigenvalue weighted by molar-refractivity contribution is 5.48. The van der Waals surface area contributed by atoms with Crippen LogP contribution in [0, 0.1) is 40.9 Å². The fraction of sp³-hybridized carbons (Fsp3) is 0.613. The number of terminal acetylenes is 1. The third kappa shape index (κ3) is 2.72. The molecule has 0 aliphatic heterocycles. The lowest BCUT2D eigenvalue weighted by molar-refractivity contribution is -0.110. The zero-order chi connectivity index (χ0) is 23.0. The predicted molar refractivity (Wildman–Crippen MR) is 133 cm³/mol. The van der Waals surface area contributed by atoms with Crippen molar-refractivity contribution in [2.45, 2.75) is 83.7 Å². The molecule has 0 bridgehead atoms. The van der Waals surface area contributed by atoms with Crippen molar-refractivity contribution in [2.75, 3.05) is 6.61 Å². The van der Waals surface area contributed by atoms with Gasteiger partial charge in [-0.1, -0.05) is 44.0 Å². The Balaban J connectivity index is 1.54. The van der Waals surface area contributed by atoms with Crippen LogP contribution < -0.4 is 0 Å². The first kappa shape index (κ1) is 21.5. The summed E-state index contributed by atoms with van der Waals surface area (Å²) in [5.41, 5.74) is 5.06. The van der Waals surface area contributed by atoms with Gasteiger partial charge >= 0.3 is 0 Å². The molecule has 2 fully saturated rings. The van der Waals surface area contributed by atoms with E-state index in [1.54, 1.807) is 11.1 Å². The number of ether oxygens (including phenoxy) is 1. The summed E-state index contributed by atoms with van der Waals surface area (Å²) in [6.07, 6.45) is 19.3. The lowest BCUT2D eigenvalue weighted by Gasteiger charge is -2.63. The quantitative estimate of drug-likeness (QED) is 0.554. The maximum Gasteiger partial charge on any atom is 0.130 e. The molecule has 2 unspecified atom stereocenters. The summed E-state index contributed by atoms with van der Waals surface area (Å²) in [4.78, 5) is 0. The van der Waals surface area contributed by atoms with Gasteiger partial charge < -0.3 is 9.84 Å². The molecule has 0 radical (unpaired) electrons. The van der Waals surface area contributed by atoms with E-state index in [4.69, 9.17) is 11.2 Å². The molecule has 2 nitrogen and oxygen atoms in total.